The van der Waals surface area contributed by atoms with Crippen LogP contribution in [0.2, 0.25) is 0 Å². The number of aliphatic hydroxyl groups is 1. The smallest absolute Gasteiger partial charge is 0.414 e. The molecule has 0 bridgehead atoms. The van der Waals surface area contributed by atoms with Crippen LogP contribution in [0.4, 0.5) is 10.5 Å². The molecule has 1 unspecified atom stereocenters. The van der Waals surface area contributed by atoms with Crippen LogP contribution >= 0.6 is 0 Å². The van der Waals surface area contributed by atoms with E-state index in [0.29, 0.717) is 50.9 Å². The van der Waals surface area contributed by atoms with Crippen molar-refractivity contribution in [3.63, 3.8) is 0 Å². The number of ether oxygens (including phenoxy) is 3. The lowest BCUT2D eigenvalue weighted by atomic mass is 10.1. The molecule has 2 saturated heterocycles. The third-order valence-corrected chi connectivity index (χ3v) is 4.11. The van der Waals surface area contributed by atoms with Gasteiger partial charge in [0, 0.05) is 25.7 Å². The molecule has 0 saturated carbocycles. The van der Waals surface area contributed by atoms with Gasteiger partial charge in [-0.2, -0.15) is 0 Å². The minimum atomic E-state index is -0.345. The maximum Gasteiger partial charge on any atom is 0.414 e. The van der Waals surface area contributed by atoms with Crippen LogP contribution in [0.15, 0.2) is 18.2 Å². The molecule has 1 aromatic rings. The predicted molar refractivity (Wildman–Crippen MR) is 77.5 cm³/mol. The molecule has 3 aliphatic heterocycles. The number of aliphatic hydroxyl groups excluding tert-OH is 1. The van der Waals surface area contributed by atoms with Crippen molar-refractivity contribution in [2.45, 2.75) is 12.2 Å². The van der Waals surface area contributed by atoms with Crippen molar-refractivity contribution in [1.82, 2.24) is 4.90 Å². The number of carbonyl (C=O) groups excluding carboxylic acids is 1. The Morgan fingerprint density at radius 3 is 2.68 bits per heavy atom. The lowest BCUT2D eigenvalue weighted by Gasteiger charge is -2.36. The van der Waals surface area contributed by atoms with Crippen LogP contribution < -0.4 is 14.4 Å². The van der Waals surface area contributed by atoms with E-state index in [4.69, 9.17) is 14.2 Å². The van der Waals surface area contributed by atoms with E-state index in [1.54, 1.807) is 4.90 Å². The molecule has 0 aliphatic carbocycles. The second kappa shape index (κ2) is 5.33. The van der Waals surface area contributed by atoms with E-state index in [0.717, 1.165) is 5.69 Å². The van der Waals surface area contributed by atoms with E-state index in [-0.39, 0.29) is 18.3 Å². The van der Waals surface area contributed by atoms with Gasteiger partial charge < -0.3 is 19.3 Å². The van der Waals surface area contributed by atoms with Crippen molar-refractivity contribution in [3.8, 4) is 11.5 Å². The molecule has 0 spiro atoms. The van der Waals surface area contributed by atoms with Crippen LogP contribution in [0, 0.1) is 0 Å². The van der Waals surface area contributed by atoms with Crippen LogP contribution in [-0.4, -0.2) is 67.7 Å². The Bertz CT molecular complexity index is 587. The molecule has 7 heteroatoms. The first-order valence-electron chi connectivity index (χ1n) is 7.47. The average Bonchev–Trinajstić information content (AvgIpc) is 2.86. The molecule has 1 atom stereocenters. The van der Waals surface area contributed by atoms with Crippen LogP contribution in [0.3, 0.4) is 0 Å². The zero-order valence-electron chi connectivity index (χ0n) is 12.1. The molecule has 2 fully saturated rings. The van der Waals surface area contributed by atoms with Crippen molar-refractivity contribution in [3.05, 3.63) is 18.2 Å². The van der Waals surface area contributed by atoms with Gasteiger partial charge in [-0.1, -0.05) is 0 Å². The Labute approximate surface area is 128 Å². The number of β-amino-alcohol motifs (C(OH)–C–C–N with tert-alkyl or cyclic N) is 1. The highest BCUT2D eigenvalue weighted by Gasteiger charge is 2.36. The van der Waals surface area contributed by atoms with E-state index in [9.17, 15) is 9.90 Å². The highest BCUT2D eigenvalue weighted by Crippen LogP contribution is 2.35. The first-order valence-corrected chi connectivity index (χ1v) is 7.47. The Hall–Kier alpha value is -1.99. The number of hydrogen-bond acceptors (Lipinski definition) is 6. The SMILES string of the molecule is O=C1OC(CN2CC(O)C2)CN1c1ccc2c(c1)OCCO2. The van der Waals surface area contributed by atoms with Crippen LogP contribution in [-0.2, 0) is 4.74 Å². The number of nitrogens with zero attached hydrogens (tertiary/aromatic N) is 2. The molecule has 4 rings (SSSR count). The summed E-state index contributed by atoms with van der Waals surface area (Å²) in [7, 11) is 0. The largest absolute Gasteiger partial charge is 0.486 e. The number of rotatable bonds is 3. The zero-order valence-corrected chi connectivity index (χ0v) is 12.1. The van der Waals surface area contributed by atoms with E-state index in [1.807, 2.05) is 18.2 Å². The lowest BCUT2D eigenvalue weighted by molar-refractivity contribution is -0.0171. The molecule has 0 radical (unpaired) electrons. The molecule has 118 valence electrons. The van der Waals surface area contributed by atoms with E-state index in [1.165, 1.54) is 0 Å². The second-order valence-corrected chi connectivity index (χ2v) is 5.82. The molecule has 1 N–H and O–H groups in total. The number of likely N-dealkylation sites (tertiary alicyclic amines) is 1. The number of anilines is 1. The third kappa shape index (κ3) is 2.46. The molecule has 1 aromatic carbocycles. The molecular weight excluding hydrogens is 288 g/mol. The topological polar surface area (TPSA) is 71.5 Å². The number of fused-ring (bicyclic) bond motifs is 1. The van der Waals surface area contributed by atoms with Gasteiger partial charge in [0.1, 0.15) is 19.3 Å². The minimum Gasteiger partial charge on any atom is -0.486 e. The zero-order chi connectivity index (χ0) is 15.1. The van der Waals surface area contributed by atoms with Gasteiger partial charge in [-0.15, -0.1) is 0 Å². The summed E-state index contributed by atoms with van der Waals surface area (Å²) in [6, 6.07) is 5.46. The Morgan fingerprint density at radius 1 is 1.14 bits per heavy atom. The van der Waals surface area contributed by atoms with Crippen LogP contribution in [0.1, 0.15) is 0 Å². The number of cyclic esters (lactones) is 1. The average molecular weight is 306 g/mol. The highest BCUT2D eigenvalue weighted by molar-refractivity contribution is 5.90. The Balaban J connectivity index is 1.45. The van der Waals surface area contributed by atoms with Gasteiger partial charge in [0.15, 0.2) is 11.5 Å². The van der Waals surface area contributed by atoms with Crippen molar-refractivity contribution in [1.29, 1.82) is 0 Å². The molecule has 1 amide bonds. The Kier molecular flexibility index (Phi) is 3.31. The Morgan fingerprint density at radius 2 is 1.91 bits per heavy atom. The summed E-state index contributed by atoms with van der Waals surface area (Å²) in [6.45, 7) is 3.52. The van der Waals surface area contributed by atoms with Gasteiger partial charge in [-0.05, 0) is 12.1 Å². The second-order valence-electron chi connectivity index (χ2n) is 5.82. The monoisotopic (exact) mass is 306 g/mol. The van der Waals surface area contributed by atoms with Gasteiger partial charge in [-0.25, -0.2) is 4.79 Å². The van der Waals surface area contributed by atoms with E-state index >= 15 is 0 Å². The summed E-state index contributed by atoms with van der Waals surface area (Å²) in [6.07, 6.45) is -0.762. The molecule has 0 aromatic heterocycles. The van der Waals surface area contributed by atoms with Crippen molar-refractivity contribution in [2.24, 2.45) is 0 Å². The number of amides is 1. The molecular formula is C15H18N2O5. The van der Waals surface area contributed by atoms with Crippen molar-refractivity contribution in [2.75, 3.05) is 44.3 Å². The van der Waals surface area contributed by atoms with Crippen molar-refractivity contribution < 1.29 is 24.1 Å². The van der Waals surface area contributed by atoms with Gasteiger partial charge in [-0.3, -0.25) is 9.80 Å². The minimum absolute atomic E-state index is 0.173. The summed E-state index contributed by atoms with van der Waals surface area (Å²) in [5.74, 6) is 1.36. The first kappa shape index (κ1) is 13.7. The normalized spacial score (nSPS) is 25.0. The molecule has 3 aliphatic rings. The maximum absolute atomic E-state index is 12.1. The van der Waals surface area contributed by atoms with Gasteiger partial charge >= 0.3 is 6.09 Å². The molecule has 7 nitrogen and oxygen atoms in total. The van der Waals surface area contributed by atoms with Crippen LogP contribution in [0.5, 0.6) is 11.5 Å². The summed E-state index contributed by atoms with van der Waals surface area (Å²) in [5, 5.41) is 9.30. The van der Waals surface area contributed by atoms with Gasteiger partial charge in [0.2, 0.25) is 0 Å². The van der Waals surface area contributed by atoms with Crippen molar-refractivity contribution >= 4 is 11.8 Å². The predicted octanol–water partition coefficient (Wildman–Crippen LogP) is 0.459. The van der Waals surface area contributed by atoms with Gasteiger partial charge in [0.05, 0.1) is 18.3 Å². The van der Waals surface area contributed by atoms with E-state index in [2.05, 4.69) is 4.90 Å². The molecule has 22 heavy (non-hydrogen) atoms. The number of carbonyl (C=O) groups is 1. The number of hydrogen-bond donors (Lipinski definition) is 1. The lowest BCUT2D eigenvalue weighted by Crippen LogP contribution is -2.53. The first-order chi connectivity index (χ1) is 10.7. The van der Waals surface area contributed by atoms with E-state index < -0.39 is 0 Å². The standard InChI is InChI=1S/C15H18N2O5/c18-11-6-16(7-11)8-12-9-17(15(19)22-12)10-1-2-13-14(5-10)21-4-3-20-13/h1-2,5,11-12,18H,3-4,6-9H2. The number of benzene rings is 1. The molecule has 3 heterocycles. The highest BCUT2D eigenvalue weighted by atomic mass is 16.6. The summed E-state index contributed by atoms with van der Waals surface area (Å²) in [5.41, 5.74) is 0.750. The van der Waals surface area contributed by atoms with Crippen LogP contribution in [0.25, 0.3) is 0 Å². The maximum atomic E-state index is 12.1. The fourth-order valence-electron chi connectivity index (χ4n) is 3.01. The fraction of sp³-hybridized carbons (Fsp3) is 0.533. The third-order valence-electron chi connectivity index (χ3n) is 4.11. The summed E-state index contributed by atoms with van der Waals surface area (Å²) >= 11 is 0. The summed E-state index contributed by atoms with van der Waals surface area (Å²) in [4.78, 5) is 15.8. The quantitative estimate of drug-likeness (QED) is 0.875. The summed E-state index contributed by atoms with van der Waals surface area (Å²) < 4.78 is 16.4. The fourth-order valence-corrected chi connectivity index (χ4v) is 3.01. The van der Waals surface area contributed by atoms with Gasteiger partial charge in [0.25, 0.3) is 0 Å².